The third-order valence-electron chi connectivity index (χ3n) is 7.15. The molecular weight excluding hydrogens is 496 g/mol. The van der Waals surface area contributed by atoms with Crippen LogP contribution in [0.1, 0.15) is 124 Å². The molecule has 41 heavy (non-hydrogen) atoms. The fourth-order valence-electron chi connectivity index (χ4n) is 4.82. The summed E-state index contributed by atoms with van der Waals surface area (Å²) in [5, 5.41) is 7.37. The van der Waals surface area contributed by atoms with Crippen molar-refractivity contribution in [2.24, 2.45) is 11.8 Å². The van der Waals surface area contributed by atoms with E-state index in [0.29, 0.717) is 35.8 Å². The van der Waals surface area contributed by atoms with Gasteiger partial charge in [0, 0.05) is 12.1 Å². The summed E-state index contributed by atoms with van der Waals surface area (Å²) in [4.78, 5) is 0. The lowest BCUT2D eigenvalue weighted by Gasteiger charge is -2.22. The van der Waals surface area contributed by atoms with Gasteiger partial charge in [-0.15, -0.1) is 0 Å². The normalized spacial score (nSPS) is 13.8. The first-order valence-electron chi connectivity index (χ1n) is 15.7. The van der Waals surface area contributed by atoms with Crippen molar-refractivity contribution in [2.75, 3.05) is 13.1 Å². The van der Waals surface area contributed by atoms with E-state index in [4.69, 9.17) is 0 Å². The molecule has 0 spiro atoms. The summed E-state index contributed by atoms with van der Waals surface area (Å²) >= 11 is 0. The first kappa shape index (κ1) is 38.8. The summed E-state index contributed by atoms with van der Waals surface area (Å²) < 4.78 is 0. The predicted molar refractivity (Wildman–Crippen MR) is 187 cm³/mol. The molecule has 2 rings (SSSR count). The van der Waals surface area contributed by atoms with Crippen LogP contribution in [-0.2, 0) is 0 Å². The Morgan fingerprint density at radius 3 is 1.10 bits per heavy atom. The van der Waals surface area contributed by atoms with Crippen molar-refractivity contribution in [3.05, 3.63) is 94.1 Å². The quantitative estimate of drug-likeness (QED) is 0.224. The van der Waals surface area contributed by atoms with Gasteiger partial charge in [0.25, 0.3) is 0 Å². The highest BCUT2D eigenvalue weighted by molar-refractivity contribution is 5.25. The van der Waals surface area contributed by atoms with Crippen LogP contribution in [0.2, 0.25) is 0 Å². The highest BCUT2D eigenvalue weighted by Crippen LogP contribution is 2.23. The van der Waals surface area contributed by atoms with Crippen molar-refractivity contribution in [3.63, 3.8) is 0 Å². The lowest BCUT2D eigenvalue weighted by molar-refractivity contribution is 0.468. The standard InChI is InChI=1S/2C19H31N.CH4/c2*1-14(2)11-19(20-13-15(3)4)12-17(6)18-9-7-16(5)8-10-18;/h2*7-11,15,17,19-20H,12-13H2,1-6H3;1H4/t17-,19?;;/m0../s1. The molecular formula is C39H66N2. The van der Waals surface area contributed by atoms with Gasteiger partial charge in [0.15, 0.2) is 0 Å². The first-order valence-corrected chi connectivity index (χ1v) is 15.7. The minimum Gasteiger partial charge on any atom is -0.310 e. The molecule has 2 aromatic carbocycles. The van der Waals surface area contributed by atoms with Gasteiger partial charge in [-0.05, 0) is 102 Å². The van der Waals surface area contributed by atoms with E-state index in [1.807, 2.05) is 0 Å². The molecule has 0 saturated carbocycles. The van der Waals surface area contributed by atoms with E-state index in [-0.39, 0.29) is 7.43 Å². The van der Waals surface area contributed by atoms with Crippen LogP contribution < -0.4 is 10.6 Å². The first-order chi connectivity index (χ1) is 18.8. The van der Waals surface area contributed by atoms with Crippen molar-refractivity contribution in [1.29, 1.82) is 0 Å². The lowest BCUT2D eigenvalue weighted by atomic mass is 9.92. The Bertz CT molecular complexity index is 903. The van der Waals surface area contributed by atoms with Crippen molar-refractivity contribution in [2.45, 2.75) is 127 Å². The summed E-state index contributed by atoms with van der Waals surface area (Å²) in [5.74, 6) is 2.54. The second-order valence-corrected chi connectivity index (χ2v) is 13.4. The van der Waals surface area contributed by atoms with Gasteiger partial charge in [-0.1, -0.05) is 132 Å². The van der Waals surface area contributed by atoms with Crippen molar-refractivity contribution in [1.82, 2.24) is 10.6 Å². The topological polar surface area (TPSA) is 24.1 Å². The Labute approximate surface area is 256 Å². The van der Waals surface area contributed by atoms with Crippen LogP contribution in [0.25, 0.3) is 0 Å². The molecule has 2 nitrogen and oxygen atoms in total. The average Bonchev–Trinajstić information content (AvgIpc) is 2.86. The molecule has 0 heterocycles. The third-order valence-corrected chi connectivity index (χ3v) is 7.15. The number of hydrogen-bond acceptors (Lipinski definition) is 2. The number of nitrogens with one attached hydrogen (secondary N) is 2. The molecule has 0 amide bonds. The van der Waals surface area contributed by atoms with Gasteiger partial charge >= 0.3 is 0 Å². The highest BCUT2D eigenvalue weighted by Gasteiger charge is 2.14. The third kappa shape index (κ3) is 18.1. The van der Waals surface area contributed by atoms with Crippen LogP contribution in [0.5, 0.6) is 0 Å². The van der Waals surface area contributed by atoms with Crippen LogP contribution in [0.4, 0.5) is 0 Å². The molecule has 0 saturated heterocycles. The van der Waals surface area contributed by atoms with Crippen LogP contribution in [0.15, 0.2) is 71.8 Å². The maximum atomic E-state index is 3.69. The molecule has 2 N–H and O–H groups in total. The molecule has 4 atom stereocenters. The summed E-state index contributed by atoms with van der Waals surface area (Å²) in [6.07, 6.45) is 7.04. The fraction of sp³-hybridized carbons (Fsp3) is 0.590. The number of aryl methyl sites for hydroxylation is 2. The zero-order valence-electron chi connectivity index (χ0n) is 28.1. The van der Waals surface area contributed by atoms with Gasteiger partial charge in [0.1, 0.15) is 0 Å². The van der Waals surface area contributed by atoms with Gasteiger partial charge in [-0.2, -0.15) is 0 Å². The summed E-state index contributed by atoms with van der Waals surface area (Å²) in [7, 11) is 0. The molecule has 0 aliphatic heterocycles. The van der Waals surface area contributed by atoms with Crippen LogP contribution >= 0.6 is 0 Å². The zero-order chi connectivity index (χ0) is 30.2. The van der Waals surface area contributed by atoms with Crippen LogP contribution in [-0.4, -0.2) is 25.2 Å². The average molecular weight is 563 g/mol. The molecule has 0 radical (unpaired) electrons. The smallest absolute Gasteiger partial charge is 0.0258 e. The van der Waals surface area contributed by atoms with Crippen LogP contribution in [0, 0.1) is 25.7 Å². The van der Waals surface area contributed by atoms with E-state index < -0.39 is 0 Å². The number of hydrogen-bond donors (Lipinski definition) is 2. The number of benzene rings is 2. The van der Waals surface area contributed by atoms with E-state index in [1.54, 1.807) is 0 Å². The Hall–Kier alpha value is -2.16. The molecule has 0 aromatic heterocycles. The van der Waals surface area contributed by atoms with Gasteiger partial charge in [-0.3, -0.25) is 0 Å². The lowest BCUT2D eigenvalue weighted by Crippen LogP contribution is -2.32. The van der Waals surface area contributed by atoms with Crippen molar-refractivity contribution in [3.8, 4) is 0 Å². The highest BCUT2D eigenvalue weighted by atomic mass is 14.9. The van der Waals surface area contributed by atoms with E-state index in [1.165, 1.54) is 33.4 Å². The fourth-order valence-corrected chi connectivity index (χ4v) is 4.82. The predicted octanol–water partition coefficient (Wildman–Crippen LogP) is 10.8. The number of rotatable bonds is 14. The Kier molecular flexibility index (Phi) is 19.6. The SMILES string of the molecule is C.CC(C)=CC(CC(C)c1ccc(C)cc1)NCC(C)C.CC(C)=CC(C[C@H](C)c1ccc(C)cc1)NCC(C)C. The van der Waals surface area contributed by atoms with Gasteiger partial charge in [0.2, 0.25) is 0 Å². The van der Waals surface area contributed by atoms with E-state index in [0.717, 1.165) is 25.9 Å². The molecule has 2 heteroatoms. The molecule has 2 aromatic rings. The zero-order valence-corrected chi connectivity index (χ0v) is 28.1. The van der Waals surface area contributed by atoms with E-state index in [2.05, 4.69) is 154 Å². The minimum absolute atomic E-state index is 0. The summed E-state index contributed by atoms with van der Waals surface area (Å²) in [6, 6.07) is 18.9. The second-order valence-electron chi connectivity index (χ2n) is 13.4. The second kappa shape index (κ2) is 20.7. The van der Waals surface area contributed by atoms with Crippen LogP contribution in [0.3, 0.4) is 0 Å². The Morgan fingerprint density at radius 2 is 0.854 bits per heavy atom. The van der Waals surface area contributed by atoms with Crippen molar-refractivity contribution >= 4 is 0 Å². The Morgan fingerprint density at radius 1 is 0.561 bits per heavy atom. The number of allylic oxidation sites excluding steroid dienone is 2. The molecule has 232 valence electrons. The maximum absolute atomic E-state index is 3.69. The molecule has 3 unspecified atom stereocenters. The Balaban J connectivity index is 0.000000762. The molecule has 0 bridgehead atoms. The largest absolute Gasteiger partial charge is 0.310 e. The van der Waals surface area contributed by atoms with Gasteiger partial charge in [0.05, 0.1) is 0 Å². The van der Waals surface area contributed by atoms with E-state index in [9.17, 15) is 0 Å². The van der Waals surface area contributed by atoms with Gasteiger partial charge < -0.3 is 10.6 Å². The molecule has 0 aliphatic carbocycles. The summed E-state index contributed by atoms with van der Waals surface area (Å²) in [5.41, 5.74) is 8.33. The monoisotopic (exact) mass is 563 g/mol. The summed E-state index contributed by atoms with van der Waals surface area (Å²) in [6.45, 7) is 28.9. The van der Waals surface area contributed by atoms with E-state index >= 15 is 0 Å². The molecule has 0 aliphatic rings. The minimum atomic E-state index is 0. The van der Waals surface area contributed by atoms with Crippen molar-refractivity contribution < 1.29 is 0 Å². The maximum Gasteiger partial charge on any atom is 0.0258 e. The van der Waals surface area contributed by atoms with Gasteiger partial charge in [-0.25, -0.2) is 0 Å². The molecule has 0 fully saturated rings.